The summed E-state index contributed by atoms with van der Waals surface area (Å²) in [7, 11) is 1.65. The summed E-state index contributed by atoms with van der Waals surface area (Å²) in [6, 6.07) is 5.54. The Hall–Kier alpha value is -1.22. The average molecular weight is 277 g/mol. The summed E-state index contributed by atoms with van der Waals surface area (Å²) in [6.45, 7) is 3.11. The van der Waals surface area contributed by atoms with E-state index in [9.17, 15) is 5.11 Å². The zero-order chi connectivity index (χ0) is 14.4. The van der Waals surface area contributed by atoms with E-state index in [0.29, 0.717) is 5.75 Å². The van der Waals surface area contributed by atoms with Crippen molar-refractivity contribution in [2.24, 2.45) is 5.92 Å². The number of phenolic OH excluding ortho intramolecular Hbond substituents is 1. The van der Waals surface area contributed by atoms with Crippen LogP contribution in [0, 0.1) is 5.92 Å². The predicted octanol–water partition coefficient (Wildman–Crippen LogP) is 4.02. The molecule has 1 aromatic carbocycles. The first-order valence-electron chi connectivity index (χ1n) is 7.81. The van der Waals surface area contributed by atoms with E-state index in [4.69, 9.17) is 4.74 Å². The van der Waals surface area contributed by atoms with Gasteiger partial charge in [0.1, 0.15) is 11.5 Å². The molecule has 0 heterocycles. The Kier molecular flexibility index (Phi) is 5.72. The van der Waals surface area contributed by atoms with Crippen LogP contribution in [0.25, 0.3) is 0 Å². The molecule has 0 saturated heterocycles. The van der Waals surface area contributed by atoms with Crippen molar-refractivity contribution in [1.29, 1.82) is 0 Å². The number of benzene rings is 1. The Balaban J connectivity index is 1.83. The molecule has 2 N–H and O–H groups in total. The summed E-state index contributed by atoms with van der Waals surface area (Å²) in [5, 5.41) is 13.5. The van der Waals surface area contributed by atoms with Gasteiger partial charge in [0.05, 0.1) is 7.11 Å². The van der Waals surface area contributed by atoms with Gasteiger partial charge in [-0.3, -0.25) is 0 Å². The van der Waals surface area contributed by atoms with Gasteiger partial charge < -0.3 is 15.2 Å². The van der Waals surface area contributed by atoms with Crippen molar-refractivity contribution in [1.82, 2.24) is 5.32 Å². The van der Waals surface area contributed by atoms with Crippen LogP contribution >= 0.6 is 0 Å². The number of nitrogens with one attached hydrogen (secondary N) is 1. The zero-order valence-electron chi connectivity index (χ0n) is 12.7. The Labute approximate surface area is 122 Å². The lowest BCUT2D eigenvalue weighted by Gasteiger charge is -2.23. The van der Waals surface area contributed by atoms with E-state index in [-0.39, 0.29) is 6.04 Å². The highest BCUT2D eigenvalue weighted by Crippen LogP contribution is 2.29. The van der Waals surface area contributed by atoms with Gasteiger partial charge in [-0.05, 0) is 44.0 Å². The van der Waals surface area contributed by atoms with Crippen LogP contribution in [0.2, 0.25) is 0 Å². The number of aromatic hydroxyl groups is 1. The number of methoxy groups -OCH3 is 1. The summed E-state index contributed by atoms with van der Waals surface area (Å²) in [6.07, 6.45) is 8.24. The van der Waals surface area contributed by atoms with Crippen LogP contribution in [-0.2, 0) is 0 Å². The van der Waals surface area contributed by atoms with Crippen LogP contribution in [-0.4, -0.2) is 18.8 Å². The van der Waals surface area contributed by atoms with Gasteiger partial charge in [0.15, 0.2) is 0 Å². The van der Waals surface area contributed by atoms with E-state index in [2.05, 4.69) is 12.2 Å². The van der Waals surface area contributed by atoms with Gasteiger partial charge in [0, 0.05) is 11.6 Å². The predicted molar refractivity (Wildman–Crippen MR) is 82.3 cm³/mol. The van der Waals surface area contributed by atoms with Crippen molar-refractivity contribution >= 4 is 0 Å². The summed E-state index contributed by atoms with van der Waals surface area (Å²) in [5.74, 6) is 2.02. The van der Waals surface area contributed by atoms with Gasteiger partial charge >= 0.3 is 0 Å². The number of rotatable bonds is 6. The molecule has 0 bridgehead atoms. The summed E-state index contributed by atoms with van der Waals surface area (Å²) in [4.78, 5) is 0. The van der Waals surface area contributed by atoms with Crippen LogP contribution < -0.4 is 10.1 Å². The molecule has 3 heteroatoms. The maximum atomic E-state index is 9.95. The SMILES string of the molecule is COc1ccc(O)c(C(C)NCCC2CCCCC2)c1. The maximum Gasteiger partial charge on any atom is 0.120 e. The molecule has 2 rings (SSSR count). The van der Waals surface area contributed by atoms with Crippen molar-refractivity contribution in [3.05, 3.63) is 23.8 Å². The maximum absolute atomic E-state index is 9.95. The first kappa shape index (κ1) is 15.2. The Bertz CT molecular complexity index is 413. The third-order valence-corrected chi connectivity index (χ3v) is 4.43. The molecule has 0 radical (unpaired) electrons. The number of hydrogen-bond donors (Lipinski definition) is 2. The minimum atomic E-state index is 0.147. The van der Waals surface area contributed by atoms with E-state index in [1.165, 1.54) is 38.5 Å². The first-order valence-corrected chi connectivity index (χ1v) is 7.81. The third kappa shape index (κ3) is 4.14. The quantitative estimate of drug-likeness (QED) is 0.825. The first-order chi connectivity index (χ1) is 9.70. The topological polar surface area (TPSA) is 41.5 Å². The Morgan fingerprint density at radius 1 is 1.30 bits per heavy atom. The molecule has 1 aliphatic rings. The van der Waals surface area contributed by atoms with Crippen LogP contribution in [0.4, 0.5) is 0 Å². The molecule has 3 nitrogen and oxygen atoms in total. The van der Waals surface area contributed by atoms with Gasteiger partial charge in [-0.15, -0.1) is 0 Å². The van der Waals surface area contributed by atoms with Crippen LogP contribution in [0.15, 0.2) is 18.2 Å². The summed E-state index contributed by atoms with van der Waals surface area (Å²) in [5.41, 5.74) is 0.910. The van der Waals surface area contributed by atoms with Crippen LogP contribution in [0.3, 0.4) is 0 Å². The third-order valence-electron chi connectivity index (χ3n) is 4.43. The van der Waals surface area contributed by atoms with Crippen molar-refractivity contribution in [3.63, 3.8) is 0 Å². The van der Waals surface area contributed by atoms with E-state index in [1.807, 2.05) is 6.07 Å². The fraction of sp³-hybridized carbons (Fsp3) is 0.647. The molecule has 0 spiro atoms. The van der Waals surface area contributed by atoms with E-state index in [1.54, 1.807) is 19.2 Å². The molecule has 112 valence electrons. The lowest BCUT2D eigenvalue weighted by atomic mass is 9.87. The fourth-order valence-electron chi connectivity index (χ4n) is 3.10. The molecular weight excluding hydrogens is 250 g/mol. The van der Waals surface area contributed by atoms with E-state index in [0.717, 1.165) is 23.8 Å². The van der Waals surface area contributed by atoms with Gasteiger partial charge in [-0.2, -0.15) is 0 Å². The average Bonchev–Trinajstić information content (AvgIpc) is 2.48. The normalized spacial score (nSPS) is 17.9. The number of ether oxygens (including phenoxy) is 1. The van der Waals surface area contributed by atoms with Gasteiger partial charge in [0.25, 0.3) is 0 Å². The number of phenols is 1. The van der Waals surface area contributed by atoms with Gasteiger partial charge in [0.2, 0.25) is 0 Å². The molecule has 1 saturated carbocycles. The van der Waals surface area contributed by atoms with Crippen molar-refractivity contribution in [2.45, 2.75) is 51.5 Å². The highest BCUT2D eigenvalue weighted by molar-refractivity contribution is 5.41. The lowest BCUT2D eigenvalue weighted by molar-refractivity contribution is 0.328. The Morgan fingerprint density at radius 3 is 2.75 bits per heavy atom. The van der Waals surface area contributed by atoms with Crippen molar-refractivity contribution < 1.29 is 9.84 Å². The molecule has 1 fully saturated rings. The van der Waals surface area contributed by atoms with Crippen LogP contribution in [0.5, 0.6) is 11.5 Å². The molecule has 1 aliphatic carbocycles. The zero-order valence-corrected chi connectivity index (χ0v) is 12.7. The highest BCUT2D eigenvalue weighted by atomic mass is 16.5. The molecule has 0 amide bonds. The molecule has 1 unspecified atom stereocenters. The smallest absolute Gasteiger partial charge is 0.120 e. The van der Waals surface area contributed by atoms with E-state index >= 15 is 0 Å². The standard InChI is InChI=1S/C17H27NO2/c1-13(16-12-15(20-2)8-9-17(16)19)18-11-10-14-6-4-3-5-7-14/h8-9,12-14,18-19H,3-7,10-11H2,1-2H3. The summed E-state index contributed by atoms with van der Waals surface area (Å²) < 4.78 is 5.22. The van der Waals surface area contributed by atoms with Crippen LogP contribution in [0.1, 0.15) is 57.1 Å². The molecule has 0 aromatic heterocycles. The monoisotopic (exact) mass is 277 g/mol. The number of hydrogen-bond acceptors (Lipinski definition) is 3. The second-order valence-corrected chi connectivity index (χ2v) is 5.89. The van der Waals surface area contributed by atoms with Crippen molar-refractivity contribution in [3.8, 4) is 11.5 Å². The lowest BCUT2D eigenvalue weighted by Crippen LogP contribution is -2.22. The molecule has 1 atom stereocenters. The second kappa shape index (κ2) is 7.53. The molecule has 1 aromatic rings. The minimum absolute atomic E-state index is 0.147. The molecule has 20 heavy (non-hydrogen) atoms. The summed E-state index contributed by atoms with van der Waals surface area (Å²) >= 11 is 0. The molecule has 0 aliphatic heterocycles. The largest absolute Gasteiger partial charge is 0.508 e. The van der Waals surface area contributed by atoms with Gasteiger partial charge in [-0.25, -0.2) is 0 Å². The second-order valence-electron chi connectivity index (χ2n) is 5.89. The van der Waals surface area contributed by atoms with Gasteiger partial charge in [-0.1, -0.05) is 32.1 Å². The van der Waals surface area contributed by atoms with E-state index < -0.39 is 0 Å². The van der Waals surface area contributed by atoms with Crippen molar-refractivity contribution in [2.75, 3.05) is 13.7 Å². The fourth-order valence-corrected chi connectivity index (χ4v) is 3.10. The minimum Gasteiger partial charge on any atom is -0.508 e. The molecular formula is C17H27NO2. The highest BCUT2D eigenvalue weighted by Gasteiger charge is 2.15. The Morgan fingerprint density at radius 2 is 2.05 bits per heavy atom.